The Morgan fingerprint density at radius 1 is 1.30 bits per heavy atom. The van der Waals surface area contributed by atoms with Crippen molar-refractivity contribution in [3.63, 3.8) is 0 Å². The molecule has 1 aliphatic heterocycles. The van der Waals surface area contributed by atoms with Crippen molar-refractivity contribution in [1.82, 2.24) is 10.3 Å². The molecule has 5 heteroatoms. The number of carbonyl (C=O) groups is 1. The van der Waals surface area contributed by atoms with Crippen LogP contribution in [0.3, 0.4) is 0 Å². The molecule has 1 aromatic heterocycles. The number of carboxylic acid groups (broad SMARTS) is 1. The number of H-pyrrole nitrogens is 1. The number of carboxylic acids is 1. The van der Waals surface area contributed by atoms with Crippen LogP contribution in [0.5, 0.6) is 0 Å². The van der Waals surface area contributed by atoms with Gasteiger partial charge in [0.25, 0.3) is 0 Å². The van der Waals surface area contributed by atoms with Crippen LogP contribution < -0.4 is 10.2 Å². The van der Waals surface area contributed by atoms with Gasteiger partial charge in [0.1, 0.15) is 0 Å². The van der Waals surface area contributed by atoms with Crippen LogP contribution in [0.2, 0.25) is 0 Å². The SMILES string of the molecule is CCC(=O)O.c1cc(N2CCNCC2)c2cc[nH]c2c1. The summed E-state index contributed by atoms with van der Waals surface area (Å²) in [6.45, 7) is 5.97. The van der Waals surface area contributed by atoms with Crippen molar-refractivity contribution in [1.29, 1.82) is 0 Å². The first kappa shape index (κ1) is 14.4. The molecule has 0 atom stereocenters. The summed E-state index contributed by atoms with van der Waals surface area (Å²) in [6.07, 6.45) is 2.23. The van der Waals surface area contributed by atoms with Gasteiger partial charge < -0.3 is 20.3 Å². The average Bonchev–Trinajstić information content (AvgIpc) is 2.97. The Labute approximate surface area is 118 Å². The molecule has 1 aromatic carbocycles. The van der Waals surface area contributed by atoms with E-state index >= 15 is 0 Å². The van der Waals surface area contributed by atoms with Gasteiger partial charge in [-0.25, -0.2) is 0 Å². The predicted molar refractivity (Wildman–Crippen MR) is 81.3 cm³/mol. The highest BCUT2D eigenvalue weighted by Crippen LogP contribution is 2.25. The van der Waals surface area contributed by atoms with Crippen LogP contribution >= 0.6 is 0 Å². The summed E-state index contributed by atoms with van der Waals surface area (Å²) in [4.78, 5) is 15.1. The third kappa shape index (κ3) is 3.51. The van der Waals surface area contributed by atoms with Crippen molar-refractivity contribution in [3.05, 3.63) is 30.5 Å². The Morgan fingerprint density at radius 2 is 2.00 bits per heavy atom. The molecule has 108 valence electrons. The van der Waals surface area contributed by atoms with Crippen LogP contribution in [-0.2, 0) is 4.79 Å². The highest BCUT2D eigenvalue weighted by Gasteiger charge is 2.12. The fourth-order valence-electron chi connectivity index (χ4n) is 2.25. The zero-order chi connectivity index (χ0) is 14.4. The largest absolute Gasteiger partial charge is 0.481 e. The van der Waals surface area contributed by atoms with Crippen molar-refractivity contribution < 1.29 is 9.90 Å². The van der Waals surface area contributed by atoms with Crippen LogP contribution in [0.15, 0.2) is 30.5 Å². The van der Waals surface area contributed by atoms with E-state index in [1.807, 2.05) is 6.20 Å². The third-order valence-electron chi connectivity index (χ3n) is 3.33. The molecular formula is C15H21N3O2. The van der Waals surface area contributed by atoms with E-state index in [1.165, 1.54) is 16.6 Å². The minimum absolute atomic E-state index is 0.222. The highest BCUT2D eigenvalue weighted by molar-refractivity contribution is 5.92. The molecule has 5 nitrogen and oxygen atoms in total. The van der Waals surface area contributed by atoms with Crippen molar-refractivity contribution in [3.8, 4) is 0 Å². The number of benzene rings is 1. The number of aromatic amines is 1. The van der Waals surface area contributed by atoms with Gasteiger partial charge in [0.15, 0.2) is 0 Å². The van der Waals surface area contributed by atoms with E-state index in [4.69, 9.17) is 5.11 Å². The van der Waals surface area contributed by atoms with Gasteiger partial charge >= 0.3 is 5.97 Å². The Bertz CT molecular complexity index is 559. The number of rotatable bonds is 2. The molecule has 2 heterocycles. The number of aromatic nitrogens is 1. The first-order valence-electron chi connectivity index (χ1n) is 6.96. The molecule has 0 amide bonds. The van der Waals surface area contributed by atoms with Crippen molar-refractivity contribution >= 4 is 22.6 Å². The Morgan fingerprint density at radius 3 is 2.65 bits per heavy atom. The molecule has 2 aromatic rings. The summed E-state index contributed by atoms with van der Waals surface area (Å²) in [5.41, 5.74) is 2.58. The summed E-state index contributed by atoms with van der Waals surface area (Å²) < 4.78 is 0. The van der Waals surface area contributed by atoms with E-state index in [-0.39, 0.29) is 6.42 Å². The Kier molecular flexibility index (Phi) is 5.01. The molecule has 0 spiro atoms. The lowest BCUT2D eigenvalue weighted by molar-refractivity contribution is -0.136. The van der Waals surface area contributed by atoms with E-state index in [9.17, 15) is 4.79 Å². The predicted octanol–water partition coefficient (Wildman–Crippen LogP) is 2.06. The molecule has 0 bridgehead atoms. The summed E-state index contributed by atoms with van der Waals surface area (Å²) in [5.74, 6) is -0.745. The average molecular weight is 275 g/mol. The number of anilines is 1. The second-order valence-corrected chi connectivity index (χ2v) is 4.70. The van der Waals surface area contributed by atoms with E-state index in [1.54, 1.807) is 6.92 Å². The molecule has 0 saturated carbocycles. The van der Waals surface area contributed by atoms with Gasteiger partial charge in [0.05, 0.1) is 0 Å². The van der Waals surface area contributed by atoms with Crippen molar-refractivity contribution in [2.75, 3.05) is 31.1 Å². The number of aliphatic carboxylic acids is 1. The van der Waals surface area contributed by atoms with Crippen LogP contribution in [0.25, 0.3) is 10.9 Å². The standard InChI is InChI=1S/C12H15N3.C3H6O2/c1-2-11-10(4-5-14-11)12(3-1)15-8-6-13-7-9-15;1-2-3(4)5/h1-5,13-14H,6-9H2;2H2,1H3,(H,4,5). The Balaban J connectivity index is 0.000000257. The lowest BCUT2D eigenvalue weighted by atomic mass is 10.2. The second kappa shape index (κ2) is 6.96. The molecule has 0 unspecified atom stereocenters. The molecule has 0 aliphatic carbocycles. The molecule has 3 N–H and O–H groups in total. The highest BCUT2D eigenvalue weighted by atomic mass is 16.4. The molecule has 1 fully saturated rings. The lowest BCUT2D eigenvalue weighted by Crippen LogP contribution is -2.43. The van der Waals surface area contributed by atoms with E-state index in [0.29, 0.717) is 0 Å². The summed E-state index contributed by atoms with van der Waals surface area (Å²) >= 11 is 0. The van der Waals surface area contributed by atoms with Gasteiger partial charge in [-0.1, -0.05) is 13.0 Å². The molecule has 1 saturated heterocycles. The molecule has 20 heavy (non-hydrogen) atoms. The molecule has 0 radical (unpaired) electrons. The van der Waals surface area contributed by atoms with Gasteiger partial charge in [-0.05, 0) is 18.2 Å². The molecular weight excluding hydrogens is 254 g/mol. The van der Waals surface area contributed by atoms with Crippen LogP contribution in [-0.4, -0.2) is 42.2 Å². The monoisotopic (exact) mass is 275 g/mol. The van der Waals surface area contributed by atoms with Crippen LogP contribution in [0.1, 0.15) is 13.3 Å². The minimum Gasteiger partial charge on any atom is -0.481 e. The van der Waals surface area contributed by atoms with Crippen LogP contribution in [0, 0.1) is 0 Å². The second-order valence-electron chi connectivity index (χ2n) is 4.70. The number of hydrogen-bond acceptors (Lipinski definition) is 3. The molecule has 3 rings (SSSR count). The number of piperazine rings is 1. The van der Waals surface area contributed by atoms with Gasteiger partial charge in [-0.2, -0.15) is 0 Å². The zero-order valence-electron chi connectivity index (χ0n) is 11.7. The normalized spacial score (nSPS) is 14.8. The molecule has 1 aliphatic rings. The summed E-state index contributed by atoms with van der Waals surface area (Å²) in [5, 5.41) is 12.4. The van der Waals surface area contributed by atoms with Gasteiger partial charge in [-0.3, -0.25) is 4.79 Å². The number of nitrogens with zero attached hydrogens (tertiary/aromatic N) is 1. The minimum atomic E-state index is -0.745. The quantitative estimate of drug-likeness (QED) is 0.784. The Hall–Kier alpha value is -2.01. The van der Waals surface area contributed by atoms with Crippen molar-refractivity contribution in [2.45, 2.75) is 13.3 Å². The van der Waals surface area contributed by atoms with E-state index in [0.717, 1.165) is 26.2 Å². The fraction of sp³-hybridized carbons (Fsp3) is 0.400. The maximum Gasteiger partial charge on any atom is 0.303 e. The topological polar surface area (TPSA) is 68.4 Å². The van der Waals surface area contributed by atoms with Crippen molar-refractivity contribution in [2.24, 2.45) is 0 Å². The van der Waals surface area contributed by atoms with Gasteiger partial charge in [-0.15, -0.1) is 0 Å². The number of nitrogens with one attached hydrogen (secondary N) is 2. The number of hydrogen-bond donors (Lipinski definition) is 3. The fourth-order valence-corrected chi connectivity index (χ4v) is 2.25. The first-order chi connectivity index (χ1) is 9.72. The van der Waals surface area contributed by atoms with E-state index in [2.05, 4.69) is 39.5 Å². The van der Waals surface area contributed by atoms with Gasteiger partial charge in [0, 0.05) is 55.4 Å². The third-order valence-corrected chi connectivity index (χ3v) is 3.33. The number of fused-ring (bicyclic) bond motifs is 1. The summed E-state index contributed by atoms with van der Waals surface area (Å²) in [7, 11) is 0. The smallest absolute Gasteiger partial charge is 0.303 e. The summed E-state index contributed by atoms with van der Waals surface area (Å²) in [6, 6.07) is 8.62. The van der Waals surface area contributed by atoms with Gasteiger partial charge in [0.2, 0.25) is 0 Å². The first-order valence-corrected chi connectivity index (χ1v) is 6.96. The zero-order valence-corrected chi connectivity index (χ0v) is 11.7. The maximum atomic E-state index is 9.37. The maximum absolute atomic E-state index is 9.37. The van der Waals surface area contributed by atoms with E-state index < -0.39 is 5.97 Å². The van der Waals surface area contributed by atoms with Crippen LogP contribution in [0.4, 0.5) is 5.69 Å². The lowest BCUT2D eigenvalue weighted by Gasteiger charge is -2.30.